The second kappa shape index (κ2) is 9.30. The Kier molecular flexibility index (Phi) is 6.22. The smallest absolute Gasteiger partial charge is 0.468 e. The fourth-order valence-corrected chi connectivity index (χ4v) is 5.14. The van der Waals surface area contributed by atoms with Crippen LogP contribution >= 0.6 is 11.3 Å². The maximum atomic E-state index is 12.9. The normalized spacial score (nSPS) is 21.8. The van der Waals surface area contributed by atoms with Crippen LogP contribution in [0.1, 0.15) is 11.3 Å². The van der Waals surface area contributed by atoms with E-state index in [1.807, 2.05) is 12.1 Å². The van der Waals surface area contributed by atoms with Crippen molar-refractivity contribution in [3.63, 3.8) is 0 Å². The van der Waals surface area contributed by atoms with Gasteiger partial charge in [0.25, 0.3) is 0 Å². The van der Waals surface area contributed by atoms with Crippen LogP contribution in [0.5, 0.6) is 11.6 Å². The number of ether oxygens (including phenoxy) is 2. The zero-order valence-corrected chi connectivity index (χ0v) is 18.8. The molecule has 2 unspecified atom stereocenters. The van der Waals surface area contributed by atoms with E-state index in [2.05, 4.69) is 14.6 Å². The molecule has 2 atom stereocenters. The fourth-order valence-electron chi connectivity index (χ4n) is 4.68. The molecule has 2 aromatic heterocycles. The average molecular weight is 494 g/mol. The van der Waals surface area contributed by atoms with E-state index < -0.39 is 12.5 Å². The van der Waals surface area contributed by atoms with Crippen molar-refractivity contribution in [1.82, 2.24) is 14.8 Å². The topological polar surface area (TPSA) is 68.0 Å². The Morgan fingerprint density at radius 2 is 2.06 bits per heavy atom. The summed E-state index contributed by atoms with van der Waals surface area (Å²) in [6.07, 6.45) is -3.70. The predicted molar refractivity (Wildman–Crippen MR) is 116 cm³/mol. The second-order valence-electron chi connectivity index (χ2n) is 8.54. The van der Waals surface area contributed by atoms with Gasteiger partial charge < -0.3 is 18.8 Å². The third kappa shape index (κ3) is 5.53. The minimum atomic E-state index is -4.78. The van der Waals surface area contributed by atoms with Gasteiger partial charge in [-0.1, -0.05) is 12.1 Å². The third-order valence-electron chi connectivity index (χ3n) is 6.20. The first kappa shape index (κ1) is 22.7. The Morgan fingerprint density at radius 1 is 1.24 bits per heavy atom. The van der Waals surface area contributed by atoms with Crippen molar-refractivity contribution in [3.05, 3.63) is 64.9 Å². The van der Waals surface area contributed by atoms with E-state index in [0.717, 1.165) is 25.4 Å². The molecule has 1 saturated heterocycles. The highest BCUT2D eigenvalue weighted by atomic mass is 32.1. The summed E-state index contributed by atoms with van der Waals surface area (Å²) in [5.41, 5.74) is 2.08. The van der Waals surface area contributed by atoms with Gasteiger partial charge in [-0.15, -0.1) is 24.5 Å². The molecule has 1 aliphatic heterocycles. The standard InChI is InChI=1S/C23H22F3N3O4S/c24-23(25,26)33-16-4-1-3-15(7-16)8-29(22(30)32-21-13-34-14-27-21)12-20-18-10-28(11-19(18)20)9-17-5-2-6-31-17/h1-7,13-14,18-20H,8-12H2. The molecule has 7 nitrogen and oxygen atoms in total. The number of furan rings is 1. The summed E-state index contributed by atoms with van der Waals surface area (Å²) in [6, 6.07) is 9.47. The Bertz CT molecular complexity index is 1100. The number of benzene rings is 1. The van der Waals surface area contributed by atoms with E-state index in [-0.39, 0.29) is 18.2 Å². The van der Waals surface area contributed by atoms with Gasteiger partial charge in [0.2, 0.25) is 5.88 Å². The molecule has 0 bridgehead atoms. The first-order valence-electron chi connectivity index (χ1n) is 10.8. The average Bonchev–Trinajstić information content (AvgIpc) is 3.30. The Hall–Kier alpha value is -3.05. The number of amides is 1. The van der Waals surface area contributed by atoms with E-state index in [0.29, 0.717) is 29.9 Å². The van der Waals surface area contributed by atoms with E-state index >= 15 is 0 Å². The molecule has 2 fully saturated rings. The molecule has 1 aromatic carbocycles. The number of rotatable bonds is 8. The third-order valence-corrected chi connectivity index (χ3v) is 6.77. The van der Waals surface area contributed by atoms with Gasteiger partial charge in [0.15, 0.2) is 0 Å². The number of carbonyl (C=O) groups excluding carboxylic acids is 1. The zero-order chi connectivity index (χ0) is 23.7. The quantitative estimate of drug-likeness (QED) is 0.439. The maximum Gasteiger partial charge on any atom is 0.573 e. The van der Waals surface area contributed by atoms with Crippen LogP contribution in [0, 0.1) is 17.8 Å². The van der Waals surface area contributed by atoms with Crippen LogP contribution in [-0.4, -0.2) is 46.9 Å². The number of carbonyl (C=O) groups is 1. The van der Waals surface area contributed by atoms with Crippen molar-refractivity contribution in [1.29, 1.82) is 0 Å². The van der Waals surface area contributed by atoms with Gasteiger partial charge in [-0.2, -0.15) is 0 Å². The van der Waals surface area contributed by atoms with Crippen LogP contribution in [0.4, 0.5) is 18.0 Å². The van der Waals surface area contributed by atoms with Crippen LogP contribution < -0.4 is 9.47 Å². The molecule has 2 aliphatic rings. The zero-order valence-electron chi connectivity index (χ0n) is 18.0. The SMILES string of the molecule is O=C(Oc1cscn1)N(Cc1cccc(OC(F)(F)F)c1)CC1C2CN(Cc3ccco3)CC21. The number of nitrogens with zero attached hydrogens (tertiary/aromatic N) is 3. The summed E-state index contributed by atoms with van der Waals surface area (Å²) in [5.74, 6) is 2.04. The lowest BCUT2D eigenvalue weighted by atomic mass is 10.2. The van der Waals surface area contributed by atoms with Crippen molar-refractivity contribution in [2.45, 2.75) is 19.5 Å². The highest BCUT2D eigenvalue weighted by Crippen LogP contribution is 2.52. The molecule has 5 rings (SSSR count). The lowest BCUT2D eigenvalue weighted by Crippen LogP contribution is -2.36. The number of likely N-dealkylation sites (tertiary alicyclic amines) is 1. The fraction of sp³-hybridized carbons (Fsp3) is 0.391. The van der Waals surface area contributed by atoms with Gasteiger partial charge in [-0.3, -0.25) is 4.90 Å². The Morgan fingerprint density at radius 3 is 2.74 bits per heavy atom. The van der Waals surface area contributed by atoms with Crippen LogP contribution in [0.25, 0.3) is 0 Å². The molecular weight excluding hydrogens is 471 g/mol. The van der Waals surface area contributed by atoms with E-state index in [9.17, 15) is 18.0 Å². The summed E-state index contributed by atoms with van der Waals surface area (Å²) >= 11 is 1.30. The molecule has 11 heteroatoms. The monoisotopic (exact) mass is 493 g/mol. The van der Waals surface area contributed by atoms with E-state index in [1.54, 1.807) is 23.2 Å². The van der Waals surface area contributed by atoms with Gasteiger partial charge in [-0.25, -0.2) is 9.78 Å². The summed E-state index contributed by atoms with van der Waals surface area (Å²) in [6.45, 7) is 3.15. The van der Waals surface area contributed by atoms with Gasteiger partial charge in [-0.05, 0) is 47.6 Å². The molecule has 180 valence electrons. The first-order valence-corrected chi connectivity index (χ1v) is 11.7. The lowest BCUT2D eigenvalue weighted by molar-refractivity contribution is -0.274. The number of hydrogen-bond donors (Lipinski definition) is 0. The maximum absolute atomic E-state index is 12.9. The number of halogens is 3. The number of piperidine rings is 1. The molecule has 1 aliphatic carbocycles. The minimum absolute atomic E-state index is 0.101. The predicted octanol–water partition coefficient (Wildman–Crippen LogP) is 5.01. The van der Waals surface area contributed by atoms with Crippen LogP contribution in [0.2, 0.25) is 0 Å². The number of fused-ring (bicyclic) bond motifs is 1. The first-order chi connectivity index (χ1) is 16.3. The van der Waals surface area contributed by atoms with Crippen molar-refractivity contribution in [2.24, 2.45) is 17.8 Å². The number of thiazole rings is 1. The van der Waals surface area contributed by atoms with E-state index in [4.69, 9.17) is 9.15 Å². The van der Waals surface area contributed by atoms with Crippen molar-refractivity contribution in [2.75, 3.05) is 19.6 Å². The summed E-state index contributed by atoms with van der Waals surface area (Å²) < 4.78 is 52.7. The largest absolute Gasteiger partial charge is 0.573 e. The second-order valence-corrected chi connectivity index (χ2v) is 9.25. The highest BCUT2D eigenvalue weighted by molar-refractivity contribution is 7.07. The van der Waals surface area contributed by atoms with E-state index in [1.165, 1.54) is 34.4 Å². The van der Waals surface area contributed by atoms with Crippen LogP contribution in [-0.2, 0) is 13.1 Å². The van der Waals surface area contributed by atoms with Gasteiger partial charge in [0.1, 0.15) is 11.5 Å². The van der Waals surface area contributed by atoms with Crippen LogP contribution in [0.3, 0.4) is 0 Å². The van der Waals surface area contributed by atoms with Crippen molar-refractivity contribution >= 4 is 17.4 Å². The molecule has 0 radical (unpaired) electrons. The molecule has 1 amide bonds. The van der Waals surface area contributed by atoms with Crippen molar-refractivity contribution < 1.29 is 31.9 Å². The highest BCUT2D eigenvalue weighted by Gasteiger charge is 2.56. The molecular formula is C23H22F3N3O4S. The van der Waals surface area contributed by atoms with Gasteiger partial charge in [0, 0.05) is 26.2 Å². The molecule has 0 spiro atoms. The number of hydrogen-bond acceptors (Lipinski definition) is 7. The van der Waals surface area contributed by atoms with Gasteiger partial charge in [0.05, 0.1) is 23.7 Å². The van der Waals surface area contributed by atoms with Crippen LogP contribution in [0.15, 0.2) is 58.0 Å². The van der Waals surface area contributed by atoms with Gasteiger partial charge >= 0.3 is 12.5 Å². The lowest BCUT2D eigenvalue weighted by Gasteiger charge is -2.24. The summed E-state index contributed by atoms with van der Waals surface area (Å²) in [4.78, 5) is 20.8. The molecule has 34 heavy (non-hydrogen) atoms. The number of aromatic nitrogens is 1. The molecule has 3 aromatic rings. The summed E-state index contributed by atoms with van der Waals surface area (Å²) in [7, 11) is 0. The molecule has 3 heterocycles. The Labute approximate surface area is 197 Å². The molecule has 1 saturated carbocycles. The summed E-state index contributed by atoms with van der Waals surface area (Å²) in [5, 5.41) is 1.62. The van der Waals surface area contributed by atoms with Crippen molar-refractivity contribution in [3.8, 4) is 11.6 Å². The number of alkyl halides is 3. The minimum Gasteiger partial charge on any atom is -0.468 e. The Balaban J connectivity index is 1.24. The molecule has 0 N–H and O–H groups in total.